The fraction of sp³-hybridized carbons (Fsp3) is 0.367. The van der Waals surface area contributed by atoms with E-state index in [1.54, 1.807) is 33.8 Å². The molecule has 4 atom stereocenters. The summed E-state index contributed by atoms with van der Waals surface area (Å²) in [4.78, 5) is 44.7. The number of nitrogens with zero attached hydrogens (tertiary/aromatic N) is 2. The second kappa shape index (κ2) is 12.2. The summed E-state index contributed by atoms with van der Waals surface area (Å²) in [5.74, 6) is -6.38. The Kier molecular flexibility index (Phi) is 8.98. The zero-order valence-electron chi connectivity index (χ0n) is 24.4. The predicted molar refractivity (Wildman–Crippen MR) is 150 cm³/mol. The second-order valence-corrected chi connectivity index (χ2v) is 11.5. The van der Waals surface area contributed by atoms with Crippen LogP contribution in [-0.4, -0.2) is 61.5 Å². The number of aromatic nitrogens is 2. The normalized spacial score (nSPS) is 21.8. The molecule has 1 aromatic carbocycles. The van der Waals surface area contributed by atoms with Crippen LogP contribution in [0.15, 0.2) is 42.7 Å². The largest absolute Gasteiger partial charge is 0.478 e. The molecule has 4 unspecified atom stereocenters. The highest BCUT2D eigenvalue weighted by molar-refractivity contribution is 6.03. The Bertz CT molecular complexity index is 1590. The first kappa shape index (κ1) is 32.4. The number of benzene rings is 1. The molecule has 14 heteroatoms. The number of rotatable bonds is 6. The van der Waals surface area contributed by atoms with E-state index in [-0.39, 0.29) is 12.1 Å². The van der Waals surface area contributed by atoms with Crippen molar-refractivity contribution in [3.05, 3.63) is 77.0 Å². The number of hydrogen-bond donors (Lipinski definition) is 4. The highest BCUT2D eigenvalue weighted by atomic mass is 19.1. The number of ether oxygens (including phenoxy) is 2. The van der Waals surface area contributed by atoms with E-state index >= 15 is 0 Å². The molecule has 11 nitrogen and oxygen atoms in total. The monoisotopic (exact) mass is 616 g/mol. The fourth-order valence-electron chi connectivity index (χ4n) is 4.67. The van der Waals surface area contributed by atoms with Gasteiger partial charge in [-0.25, -0.2) is 27.7 Å². The van der Waals surface area contributed by atoms with E-state index < -0.39 is 87.4 Å². The Morgan fingerprint density at radius 3 is 2.36 bits per heavy atom. The van der Waals surface area contributed by atoms with Gasteiger partial charge in [0.2, 0.25) is 0 Å². The van der Waals surface area contributed by atoms with Crippen molar-refractivity contribution < 1.29 is 47.2 Å². The third kappa shape index (κ3) is 6.97. The zero-order chi connectivity index (χ0) is 32.6. The molecule has 1 aliphatic heterocycles. The SMILES string of the molecule is CC1OC(c2ccncc2NC(=O)c2ccc(F)c(-c3c(F)cc(C(=O)O)cc3F)n2)CC(NC(=O)OC(C)(C)C)C1(C)O. The molecule has 4 N–H and O–H groups in total. The first-order valence-electron chi connectivity index (χ1n) is 13.5. The number of carbonyl (C=O) groups excluding carboxylic acids is 2. The first-order chi connectivity index (χ1) is 20.5. The Morgan fingerprint density at radius 1 is 1.09 bits per heavy atom. The zero-order valence-corrected chi connectivity index (χ0v) is 24.4. The van der Waals surface area contributed by atoms with Crippen LogP contribution in [0, 0.1) is 17.5 Å². The molecule has 0 radical (unpaired) electrons. The summed E-state index contributed by atoms with van der Waals surface area (Å²) in [6, 6.07) is 3.58. The van der Waals surface area contributed by atoms with Gasteiger partial charge in [0.05, 0.1) is 41.3 Å². The van der Waals surface area contributed by atoms with Gasteiger partial charge in [0.15, 0.2) is 0 Å². The topological polar surface area (TPSA) is 160 Å². The van der Waals surface area contributed by atoms with Gasteiger partial charge in [-0.3, -0.25) is 9.78 Å². The lowest BCUT2D eigenvalue weighted by atomic mass is 9.82. The summed E-state index contributed by atoms with van der Waals surface area (Å²) in [6.07, 6.45) is 0.574. The van der Waals surface area contributed by atoms with Gasteiger partial charge >= 0.3 is 12.1 Å². The quantitative estimate of drug-likeness (QED) is 0.299. The van der Waals surface area contributed by atoms with E-state index in [1.165, 1.54) is 19.3 Å². The number of nitrogens with one attached hydrogen (secondary N) is 2. The number of aromatic carboxylic acids is 1. The molecule has 44 heavy (non-hydrogen) atoms. The van der Waals surface area contributed by atoms with E-state index in [0.29, 0.717) is 17.7 Å². The summed E-state index contributed by atoms with van der Waals surface area (Å²) in [6.45, 7) is 8.25. The number of aliphatic hydroxyl groups is 1. The smallest absolute Gasteiger partial charge is 0.407 e. The van der Waals surface area contributed by atoms with Gasteiger partial charge in [0, 0.05) is 18.2 Å². The maximum Gasteiger partial charge on any atom is 0.407 e. The van der Waals surface area contributed by atoms with E-state index in [9.17, 15) is 32.7 Å². The summed E-state index contributed by atoms with van der Waals surface area (Å²) in [7, 11) is 0. The molecule has 4 rings (SSSR count). The average Bonchev–Trinajstić information content (AvgIpc) is 2.91. The number of carboxylic acid groups (broad SMARTS) is 1. The van der Waals surface area contributed by atoms with Crippen LogP contribution in [0.25, 0.3) is 11.3 Å². The molecule has 1 saturated heterocycles. The molecular formula is C30H31F3N4O7. The average molecular weight is 617 g/mol. The minimum Gasteiger partial charge on any atom is -0.478 e. The van der Waals surface area contributed by atoms with Crippen LogP contribution < -0.4 is 10.6 Å². The number of hydrogen-bond acceptors (Lipinski definition) is 8. The van der Waals surface area contributed by atoms with Crippen molar-refractivity contribution in [2.45, 2.75) is 70.5 Å². The van der Waals surface area contributed by atoms with Crippen molar-refractivity contribution in [2.24, 2.45) is 0 Å². The van der Waals surface area contributed by atoms with Crippen molar-refractivity contribution >= 4 is 23.7 Å². The molecule has 1 fully saturated rings. The molecule has 0 saturated carbocycles. The summed E-state index contributed by atoms with van der Waals surface area (Å²) in [5, 5.41) is 25.4. The van der Waals surface area contributed by atoms with Gasteiger partial charge in [-0.15, -0.1) is 0 Å². The minimum absolute atomic E-state index is 0.0767. The van der Waals surface area contributed by atoms with E-state index in [0.717, 1.165) is 12.1 Å². The summed E-state index contributed by atoms with van der Waals surface area (Å²) in [5.41, 5.74) is -4.55. The molecule has 234 valence electrons. The molecule has 0 aliphatic carbocycles. The number of carbonyl (C=O) groups is 3. The van der Waals surface area contributed by atoms with Crippen molar-refractivity contribution in [3.63, 3.8) is 0 Å². The Balaban J connectivity index is 1.61. The fourth-order valence-corrected chi connectivity index (χ4v) is 4.67. The van der Waals surface area contributed by atoms with Crippen LogP contribution in [0.1, 0.15) is 73.6 Å². The van der Waals surface area contributed by atoms with Gasteiger partial charge in [-0.05, 0) is 65.0 Å². The number of anilines is 1. The Hall–Kier alpha value is -4.56. The van der Waals surface area contributed by atoms with Crippen LogP contribution in [-0.2, 0) is 9.47 Å². The molecule has 3 aromatic rings. The maximum absolute atomic E-state index is 14.7. The Labute approximate surface area is 250 Å². The molecule has 2 amide bonds. The van der Waals surface area contributed by atoms with Crippen LogP contribution in [0.4, 0.5) is 23.7 Å². The molecule has 3 heterocycles. The number of amides is 2. The third-order valence-corrected chi connectivity index (χ3v) is 7.09. The number of pyridine rings is 2. The lowest BCUT2D eigenvalue weighted by molar-refractivity contribution is -0.176. The highest BCUT2D eigenvalue weighted by Crippen LogP contribution is 2.39. The van der Waals surface area contributed by atoms with Crippen LogP contribution in [0.5, 0.6) is 0 Å². The lowest BCUT2D eigenvalue weighted by Crippen LogP contribution is -2.61. The minimum atomic E-state index is -1.59. The van der Waals surface area contributed by atoms with Gasteiger partial charge in [-0.2, -0.15) is 0 Å². The van der Waals surface area contributed by atoms with Crippen molar-refractivity contribution in [2.75, 3.05) is 5.32 Å². The van der Waals surface area contributed by atoms with E-state index in [1.807, 2.05) is 0 Å². The van der Waals surface area contributed by atoms with Gasteiger partial charge in [0.1, 0.15) is 40.0 Å². The van der Waals surface area contributed by atoms with Gasteiger partial charge in [0.25, 0.3) is 5.91 Å². The van der Waals surface area contributed by atoms with Gasteiger partial charge < -0.3 is 30.3 Å². The van der Waals surface area contributed by atoms with Gasteiger partial charge in [-0.1, -0.05) is 0 Å². The number of alkyl carbamates (subject to hydrolysis) is 1. The number of carboxylic acids is 1. The highest BCUT2D eigenvalue weighted by Gasteiger charge is 2.46. The van der Waals surface area contributed by atoms with Crippen molar-refractivity contribution in [1.29, 1.82) is 0 Å². The standard InChI is InChI=1S/C30H31F3N4O7/c1-14-30(5,42)23(37-28(41)44-29(2,3)4)12-22(43-14)16-8-9-34-13-21(16)36-26(38)20-7-6-17(31)25(35-20)24-18(32)10-15(27(39)40)11-19(24)33/h6-11,13-14,22-23,42H,12H2,1-5H3,(H,36,38)(H,37,41)(H,39,40). The van der Waals surface area contributed by atoms with Crippen molar-refractivity contribution in [3.8, 4) is 11.3 Å². The van der Waals surface area contributed by atoms with E-state index in [2.05, 4.69) is 20.6 Å². The Morgan fingerprint density at radius 2 is 1.75 bits per heavy atom. The molecule has 0 bridgehead atoms. The second-order valence-electron chi connectivity index (χ2n) is 11.5. The van der Waals surface area contributed by atoms with Crippen molar-refractivity contribution in [1.82, 2.24) is 15.3 Å². The maximum atomic E-state index is 14.7. The lowest BCUT2D eigenvalue weighted by Gasteiger charge is -2.45. The summed E-state index contributed by atoms with van der Waals surface area (Å²) >= 11 is 0. The third-order valence-electron chi connectivity index (χ3n) is 7.09. The van der Waals surface area contributed by atoms with Crippen LogP contribution in [0.2, 0.25) is 0 Å². The molecule has 2 aromatic heterocycles. The first-order valence-corrected chi connectivity index (χ1v) is 13.5. The molecule has 0 spiro atoms. The predicted octanol–water partition coefficient (Wildman–Crippen LogP) is 5.01. The molecule has 1 aliphatic rings. The molecular weight excluding hydrogens is 585 g/mol. The number of halogens is 3. The van der Waals surface area contributed by atoms with E-state index in [4.69, 9.17) is 14.6 Å². The van der Waals surface area contributed by atoms with Crippen LogP contribution >= 0.6 is 0 Å². The van der Waals surface area contributed by atoms with Crippen LogP contribution in [0.3, 0.4) is 0 Å². The summed E-state index contributed by atoms with van der Waals surface area (Å²) < 4.78 is 55.4.